The molecule has 6 rings (SSSR count). The fourth-order valence-electron chi connectivity index (χ4n) is 7.07. The molecule has 300 valence electrons. The van der Waals surface area contributed by atoms with Crippen molar-refractivity contribution in [3.8, 4) is 5.75 Å². The van der Waals surface area contributed by atoms with Crippen molar-refractivity contribution in [1.29, 1.82) is 0 Å². The van der Waals surface area contributed by atoms with Gasteiger partial charge in [-0.2, -0.15) is 14.5 Å². The number of carbonyl (C=O) groups excluding carboxylic acids is 3. The molecule has 0 spiro atoms. The van der Waals surface area contributed by atoms with Gasteiger partial charge in [0.25, 0.3) is 17.3 Å². The van der Waals surface area contributed by atoms with Crippen LogP contribution >= 0.6 is 0 Å². The number of aliphatic hydroxyl groups is 2. The van der Waals surface area contributed by atoms with Gasteiger partial charge in [-0.15, -0.1) is 0 Å². The number of aromatic nitrogens is 2. The summed E-state index contributed by atoms with van der Waals surface area (Å²) in [7, 11) is 2.81. The minimum atomic E-state index is -1.54. The number of nitrogens with zero attached hydrogens (tertiary/aromatic N) is 5. The van der Waals surface area contributed by atoms with Gasteiger partial charge in [-0.1, -0.05) is 74.5 Å². The summed E-state index contributed by atoms with van der Waals surface area (Å²) in [6.45, 7) is 4.13. The number of methoxy groups -OCH3 is 2. The molecule has 4 N–H and O–H groups in total. The van der Waals surface area contributed by atoms with Crippen LogP contribution in [0.1, 0.15) is 37.9 Å². The van der Waals surface area contributed by atoms with Crippen LogP contribution in [-0.2, 0) is 23.9 Å². The van der Waals surface area contributed by atoms with Gasteiger partial charge < -0.3 is 34.2 Å². The van der Waals surface area contributed by atoms with E-state index in [4.69, 9.17) is 14.2 Å². The van der Waals surface area contributed by atoms with Crippen molar-refractivity contribution in [2.75, 3.05) is 50.6 Å². The number of aliphatic hydroxyl groups excluding tert-OH is 2. The van der Waals surface area contributed by atoms with E-state index < -0.39 is 71.4 Å². The Morgan fingerprint density at radius 3 is 2.11 bits per heavy atom. The number of ether oxygens (including phenoxy) is 3. The Kier molecular flexibility index (Phi) is 12.5. The summed E-state index contributed by atoms with van der Waals surface area (Å²) in [5.41, 5.74) is 1.90. The molecule has 4 aromatic rings. The lowest BCUT2D eigenvalue weighted by atomic mass is 9.96. The van der Waals surface area contributed by atoms with Crippen LogP contribution in [0.5, 0.6) is 5.75 Å². The monoisotopic (exact) mass is 782 g/mol. The van der Waals surface area contributed by atoms with Crippen LogP contribution in [0.4, 0.5) is 23.1 Å². The van der Waals surface area contributed by atoms with Crippen LogP contribution in [0.3, 0.4) is 0 Å². The number of carbonyl (C=O) groups is 3. The number of hydrogen-bond donors (Lipinski definition) is 4. The van der Waals surface area contributed by atoms with Crippen molar-refractivity contribution in [3.05, 3.63) is 106 Å². The molecule has 16 heteroatoms. The van der Waals surface area contributed by atoms with E-state index in [0.29, 0.717) is 5.75 Å². The average Bonchev–Trinajstić information content (AvgIpc) is 3.71. The molecule has 0 bridgehead atoms. The number of anilines is 2. The first-order chi connectivity index (χ1) is 27.4. The van der Waals surface area contributed by atoms with Crippen LogP contribution in [0.25, 0.3) is 0 Å². The molecule has 0 radical (unpaired) electrons. The molecule has 1 unspecified atom stereocenters. The largest absolute Gasteiger partial charge is 0.497 e. The van der Waals surface area contributed by atoms with Crippen molar-refractivity contribution in [2.24, 2.45) is 10.9 Å². The molecule has 3 aromatic carbocycles. The van der Waals surface area contributed by atoms with Gasteiger partial charge in [-0.05, 0) is 42.3 Å². The number of fused-ring (bicyclic) bond motifs is 1. The van der Waals surface area contributed by atoms with Gasteiger partial charge in [0.2, 0.25) is 23.8 Å². The maximum atomic E-state index is 14.8. The second-order valence-corrected chi connectivity index (χ2v) is 14.3. The number of aliphatic imine (C=N–C) groups is 1. The minimum absolute atomic E-state index is 0.00569. The third kappa shape index (κ3) is 8.58. The van der Waals surface area contributed by atoms with E-state index in [0.717, 1.165) is 16.8 Å². The number of quaternary nitrogens is 1. The van der Waals surface area contributed by atoms with E-state index in [1.54, 1.807) is 27.9 Å². The maximum Gasteiger partial charge on any atom is 0.325 e. The SMILES string of the molecule is COC(=O)CN(CCN(c1ccc(OC)cc1)C(c1ccccc1)c1ccccc1)C(=O)C[N+]1([C@@H]2O[C@H](C)[C@@H](O)[C@H]2O)C=Nc2c1nc(NC(=O)C(C)C)[nH]c2=O. The predicted octanol–water partition coefficient (Wildman–Crippen LogP) is 3.12. The van der Waals surface area contributed by atoms with Gasteiger partial charge in [-0.25, -0.2) is 0 Å². The quantitative estimate of drug-likeness (QED) is 0.102. The summed E-state index contributed by atoms with van der Waals surface area (Å²) in [5.74, 6) is -1.81. The molecule has 16 nitrogen and oxygen atoms in total. The van der Waals surface area contributed by atoms with Gasteiger partial charge in [-0.3, -0.25) is 29.5 Å². The summed E-state index contributed by atoms with van der Waals surface area (Å²) in [4.78, 5) is 68.6. The number of amides is 2. The normalized spacial score (nSPS) is 21.0. The fourth-order valence-corrected chi connectivity index (χ4v) is 7.07. The molecule has 2 aliphatic rings. The van der Waals surface area contributed by atoms with Crippen LogP contribution in [0, 0.1) is 5.92 Å². The second kappa shape index (κ2) is 17.5. The second-order valence-electron chi connectivity index (χ2n) is 14.3. The van der Waals surface area contributed by atoms with Gasteiger partial charge in [0, 0.05) is 24.7 Å². The molecule has 0 aliphatic carbocycles. The lowest BCUT2D eigenvalue weighted by molar-refractivity contribution is -0.148. The van der Waals surface area contributed by atoms with Gasteiger partial charge in [0.1, 0.15) is 18.4 Å². The first-order valence-corrected chi connectivity index (χ1v) is 18.6. The van der Waals surface area contributed by atoms with Crippen LogP contribution in [-0.4, -0.2) is 114 Å². The zero-order chi connectivity index (χ0) is 40.9. The van der Waals surface area contributed by atoms with Gasteiger partial charge >= 0.3 is 5.97 Å². The Hall–Kier alpha value is -5.94. The Morgan fingerprint density at radius 1 is 0.930 bits per heavy atom. The summed E-state index contributed by atoms with van der Waals surface area (Å²) >= 11 is 0. The number of H-pyrrole nitrogens is 1. The van der Waals surface area contributed by atoms with Crippen LogP contribution in [0.15, 0.2) is 94.7 Å². The molecule has 1 fully saturated rings. The first-order valence-electron chi connectivity index (χ1n) is 18.6. The highest BCUT2D eigenvalue weighted by atomic mass is 16.6. The van der Waals surface area contributed by atoms with Crippen molar-refractivity contribution < 1.29 is 38.8 Å². The molecule has 2 amide bonds. The van der Waals surface area contributed by atoms with E-state index in [-0.39, 0.29) is 36.6 Å². The van der Waals surface area contributed by atoms with E-state index in [9.17, 15) is 29.4 Å². The third-order valence-electron chi connectivity index (χ3n) is 10.2. The van der Waals surface area contributed by atoms with Crippen LogP contribution < -0.4 is 25.0 Å². The highest BCUT2D eigenvalue weighted by Gasteiger charge is 2.58. The van der Waals surface area contributed by atoms with E-state index in [1.165, 1.54) is 18.3 Å². The number of hydrogen-bond acceptors (Lipinski definition) is 12. The van der Waals surface area contributed by atoms with Crippen molar-refractivity contribution >= 4 is 47.3 Å². The summed E-state index contributed by atoms with van der Waals surface area (Å²) in [6.07, 6.45) is -3.86. The van der Waals surface area contributed by atoms with E-state index >= 15 is 0 Å². The summed E-state index contributed by atoms with van der Waals surface area (Å²) in [6, 6.07) is 27.0. The van der Waals surface area contributed by atoms with Crippen molar-refractivity contribution in [1.82, 2.24) is 19.4 Å². The van der Waals surface area contributed by atoms with Crippen molar-refractivity contribution in [3.63, 3.8) is 0 Å². The predicted molar refractivity (Wildman–Crippen MR) is 213 cm³/mol. The molecule has 0 saturated carbocycles. The molecule has 57 heavy (non-hydrogen) atoms. The summed E-state index contributed by atoms with van der Waals surface area (Å²) in [5, 5.41) is 24.7. The average molecular weight is 783 g/mol. The maximum absolute atomic E-state index is 14.8. The Labute approximate surface area is 329 Å². The molecular weight excluding hydrogens is 734 g/mol. The zero-order valence-electron chi connectivity index (χ0n) is 32.4. The number of esters is 1. The molecule has 1 aromatic heterocycles. The highest BCUT2D eigenvalue weighted by Crippen LogP contribution is 2.41. The molecule has 5 atom stereocenters. The zero-order valence-corrected chi connectivity index (χ0v) is 32.4. The first kappa shape index (κ1) is 40.7. The van der Waals surface area contributed by atoms with Gasteiger partial charge in [0.05, 0.1) is 26.4 Å². The molecule has 2 aliphatic heterocycles. The topological polar surface area (TPSA) is 196 Å². The minimum Gasteiger partial charge on any atom is -0.497 e. The Balaban J connectivity index is 1.40. The standard InChI is InChI=1S/C41H47N7O9/c1-25(2)38(53)44-41-43-37-33(39(54)45-41)42-24-48(37,40-36(52)35(51)26(3)57-40)23-31(49)46(22-32(50)56-5)20-21-47(29-16-18-30(55-4)19-17-29)34(27-12-8-6-9-13-27)28-14-10-7-11-15-28/h6-19,24-26,34-36,40,51-52H,20-23H2,1-5H3,(H-,43,44,45,53,54)/p+1/t26-,35-,36-,40-,48?/m1/s1. The van der Waals surface area contributed by atoms with E-state index in [2.05, 4.69) is 25.2 Å². The Bertz CT molecular complexity index is 2090. The number of rotatable bonds is 15. The number of benzene rings is 3. The summed E-state index contributed by atoms with van der Waals surface area (Å²) < 4.78 is 15.8. The number of aromatic amines is 1. The fraction of sp³-hybridized carbons (Fsp3) is 0.366. The lowest BCUT2D eigenvalue weighted by Gasteiger charge is -2.38. The van der Waals surface area contributed by atoms with Crippen molar-refractivity contribution in [2.45, 2.75) is 51.4 Å². The molecular formula is C41H48N7O9+. The van der Waals surface area contributed by atoms with E-state index in [1.807, 2.05) is 84.9 Å². The lowest BCUT2D eigenvalue weighted by Crippen LogP contribution is -2.64. The number of nitrogens with one attached hydrogen (secondary N) is 2. The highest BCUT2D eigenvalue weighted by molar-refractivity contribution is 5.95. The molecule has 3 heterocycles. The third-order valence-corrected chi connectivity index (χ3v) is 10.2. The molecule has 1 saturated heterocycles. The van der Waals surface area contributed by atoms with Crippen LogP contribution in [0.2, 0.25) is 0 Å². The Morgan fingerprint density at radius 2 is 1.56 bits per heavy atom. The van der Waals surface area contributed by atoms with Gasteiger partial charge in [0.15, 0.2) is 19.0 Å². The smallest absolute Gasteiger partial charge is 0.325 e.